The van der Waals surface area contributed by atoms with Crippen LogP contribution in [0.4, 0.5) is 17.1 Å². The third-order valence-corrected chi connectivity index (χ3v) is 4.24. The molecule has 0 amide bonds. The van der Waals surface area contributed by atoms with Gasteiger partial charge < -0.3 is 10.8 Å². The van der Waals surface area contributed by atoms with E-state index in [-0.39, 0.29) is 5.69 Å². The highest BCUT2D eigenvalue weighted by molar-refractivity contribution is 7.86. The summed E-state index contributed by atoms with van der Waals surface area (Å²) in [6.45, 7) is 0. The lowest BCUT2D eigenvalue weighted by atomic mass is 10.1. The summed E-state index contributed by atoms with van der Waals surface area (Å²) >= 11 is 0. The Labute approximate surface area is 137 Å². The second-order valence-corrected chi connectivity index (χ2v) is 6.45. The molecule has 8 heteroatoms. The fourth-order valence-corrected chi connectivity index (χ4v) is 2.91. The fraction of sp³-hybridized carbons (Fsp3) is 0. The van der Waals surface area contributed by atoms with E-state index in [4.69, 9.17) is 5.73 Å². The number of rotatable bonds is 3. The molecule has 0 saturated carbocycles. The summed E-state index contributed by atoms with van der Waals surface area (Å²) in [7, 11) is -4.61. The van der Waals surface area contributed by atoms with Crippen molar-refractivity contribution < 1.29 is 18.1 Å². The predicted molar refractivity (Wildman–Crippen MR) is 90.5 cm³/mol. The average molecular weight is 343 g/mol. The van der Waals surface area contributed by atoms with Crippen LogP contribution in [0.2, 0.25) is 0 Å². The zero-order chi connectivity index (χ0) is 17.3. The zero-order valence-corrected chi connectivity index (χ0v) is 13.1. The second kappa shape index (κ2) is 5.91. The monoisotopic (exact) mass is 343 g/mol. The van der Waals surface area contributed by atoms with Crippen molar-refractivity contribution in [3.8, 4) is 5.75 Å². The van der Waals surface area contributed by atoms with Crippen molar-refractivity contribution in [2.24, 2.45) is 10.2 Å². The molecule has 3 aromatic rings. The molecular formula is C16H13N3O4S. The van der Waals surface area contributed by atoms with Crippen LogP contribution in [0.1, 0.15) is 0 Å². The smallest absolute Gasteiger partial charge is 0.296 e. The first-order valence-corrected chi connectivity index (χ1v) is 8.30. The van der Waals surface area contributed by atoms with Crippen molar-refractivity contribution in [2.75, 3.05) is 5.73 Å². The maximum Gasteiger partial charge on any atom is 0.296 e. The maximum absolute atomic E-state index is 11.6. The molecule has 0 saturated heterocycles. The molecule has 0 fully saturated rings. The minimum absolute atomic E-state index is 0.310. The molecule has 0 atom stereocenters. The van der Waals surface area contributed by atoms with Crippen LogP contribution in [0.5, 0.6) is 5.75 Å². The number of nitrogens with zero attached hydrogens (tertiary/aromatic N) is 2. The van der Waals surface area contributed by atoms with E-state index in [1.807, 2.05) is 0 Å². The van der Waals surface area contributed by atoms with Crippen LogP contribution in [0.25, 0.3) is 10.8 Å². The molecular weight excluding hydrogens is 330 g/mol. The van der Waals surface area contributed by atoms with Crippen LogP contribution < -0.4 is 5.73 Å². The number of hydrogen-bond donors (Lipinski definition) is 3. The summed E-state index contributed by atoms with van der Waals surface area (Å²) in [6.07, 6.45) is 0. The first-order valence-electron chi connectivity index (χ1n) is 6.86. The lowest BCUT2D eigenvalue weighted by molar-refractivity contribution is 0.472. The van der Waals surface area contributed by atoms with E-state index in [0.717, 1.165) is 0 Å². The van der Waals surface area contributed by atoms with E-state index in [9.17, 15) is 18.1 Å². The Kier molecular flexibility index (Phi) is 3.92. The van der Waals surface area contributed by atoms with Gasteiger partial charge in [0.05, 0.1) is 5.69 Å². The van der Waals surface area contributed by atoms with Gasteiger partial charge in [-0.15, -0.1) is 5.11 Å². The quantitative estimate of drug-likeness (QED) is 0.379. The fourth-order valence-electron chi connectivity index (χ4n) is 2.25. The Morgan fingerprint density at radius 3 is 2.33 bits per heavy atom. The molecule has 0 heterocycles. The highest BCUT2D eigenvalue weighted by atomic mass is 32.2. The Hall–Kier alpha value is -2.97. The van der Waals surface area contributed by atoms with E-state index < -0.39 is 20.8 Å². The molecule has 0 aliphatic heterocycles. The largest absolute Gasteiger partial charge is 0.505 e. The first kappa shape index (κ1) is 15.9. The summed E-state index contributed by atoms with van der Waals surface area (Å²) in [4.78, 5) is -0.531. The molecule has 0 unspecified atom stereocenters. The molecule has 3 aromatic carbocycles. The Balaban J connectivity index is 2.27. The number of benzene rings is 3. The number of phenolic OH excluding ortho intramolecular Hbond substituents is 1. The second-order valence-electron chi connectivity index (χ2n) is 5.06. The molecule has 0 spiro atoms. The van der Waals surface area contributed by atoms with Gasteiger partial charge in [-0.2, -0.15) is 13.5 Å². The summed E-state index contributed by atoms with van der Waals surface area (Å²) in [5.74, 6) is -0.424. The van der Waals surface area contributed by atoms with Crippen LogP contribution >= 0.6 is 0 Å². The van der Waals surface area contributed by atoms with Gasteiger partial charge in [-0.05, 0) is 35.7 Å². The van der Waals surface area contributed by atoms with Crippen LogP contribution in [-0.4, -0.2) is 18.1 Å². The first-order chi connectivity index (χ1) is 11.4. The standard InChI is InChI=1S/C16H13N3O4S/c17-11-7-6-10-8-14(24(21,22)23)15(16(20)13(10)9-11)19-18-12-4-2-1-3-5-12/h1-9,20H,17H2,(H,21,22,23)/b19-18+. The van der Waals surface area contributed by atoms with Gasteiger partial charge in [0.2, 0.25) is 0 Å². The maximum atomic E-state index is 11.6. The molecule has 0 aliphatic carbocycles. The molecule has 3 rings (SSSR count). The normalized spacial score (nSPS) is 12.0. The molecule has 24 heavy (non-hydrogen) atoms. The highest BCUT2D eigenvalue weighted by Crippen LogP contribution is 2.41. The zero-order valence-electron chi connectivity index (χ0n) is 12.3. The van der Waals surface area contributed by atoms with Crippen molar-refractivity contribution in [1.82, 2.24) is 0 Å². The summed E-state index contributed by atoms with van der Waals surface area (Å²) in [5, 5.41) is 18.8. The van der Waals surface area contributed by atoms with E-state index in [0.29, 0.717) is 22.1 Å². The van der Waals surface area contributed by atoms with Crippen LogP contribution in [0.15, 0.2) is 69.7 Å². The van der Waals surface area contributed by atoms with Crippen molar-refractivity contribution in [2.45, 2.75) is 4.90 Å². The number of anilines is 1. The van der Waals surface area contributed by atoms with Gasteiger partial charge >= 0.3 is 0 Å². The molecule has 122 valence electrons. The van der Waals surface area contributed by atoms with Gasteiger partial charge in [-0.1, -0.05) is 24.3 Å². The average Bonchev–Trinajstić information content (AvgIpc) is 2.54. The van der Waals surface area contributed by atoms with Gasteiger partial charge in [0.25, 0.3) is 10.1 Å². The van der Waals surface area contributed by atoms with E-state index >= 15 is 0 Å². The number of nitrogens with two attached hydrogens (primary N) is 1. The Morgan fingerprint density at radius 1 is 0.958 bits per heavy atom. The van der Waals surface area contributed by atoms with Crippen molar-refractivity contribution in [1.29, 1.82) is 0 Å². The summed E-state index contributed by atoms with van der Waals surface area (Å²) < 4.78 is 32.7. The van der Waals surface area contributed by atoms with Gasteiger partial charge in [0.1, 0.15) is 10.6 Å². The molecule has 0 bridgehead atoms. The number of phenols is 1. The van der Waals surface area contributed by atoms with E-state index in [1.54, 1.807) is 36.4 Å². The highest BCUT2D eigenvalue weighted by Gasteiger charge is 2.22. The number of aromatic hydroxyl groups is 1. The number of azo groups is 1. The van der Waals surface area contributed by atoms with Gasteiger partial charge in [-0.3, -0.25) is 4.55 Å². The third-order valence-electron chi connectivity index (χ3n) is 3.38. The van der Waals surface area contributed by atoms with Crippen LogP contribution in [0, 0.1) is 0 Å². The van der Waals surface area contributed by atoms with Crippen molar-refractivity contribution >= 4 is 38.0 Å². The minimum Gasteiger partial charge on any atom is -0.505 e. The number of fused-ring (bicyclic) bond motifs is 1. The van der Waals surface area contributed by atoms with E-state index in [1.165, 1.54) is 18.2 Å². The molecule has 0 aliphatic rings. The lowest BCUT2D eigenvalue weighted by Crippen LogP contribution is -1.99. The Bertz CT molecular complexity index is 1050. The topological polar surface area (TPSA) is 125 Å². The third kappa shape index (κ3) is 3.05. The summed E-state index contributed by atoms with van der Waals surface area (Å²) in [5.41, 5.74) is 6.21. The van der Waals surface area contributed by atoms with Gasteiger partial charge in [0.15, 0.2) is 5.75 Å². The number of nitrogen functional groups attached to an aromatic ring is 1. The van der Waals surface area contributed by atoms with Crippen LogP contribution in [0.3, 0.4) is 0 Å². The Morgan fingerprint density at radius 2 is 1.67 bits per heavy atom. The summed E-state index contributed by atoms with van der Waals surface area (Å²) in [6, 6.07) is 14.4. The molecule has 0 radical (unpaired) electrons. The minimum atomic E-state index is -4.61. The predicted octanol–water partition coefficient (Wildman–Crippen LogP) is 3.79. The molecule has 4 N–H and O–H groups in total. The van der Waals surface area contributed by atoms with Crippen molar-refractivity contribution in [3.63, 3.8) is 0 Å². The van der Waals surface area contributed by atoms with Crippen LogP contribution in [-0.2, 0) is 10.1 Å². The van der Waals surface area contributed by atoms with E-state index in [2.05, 4.69) is 10.2 Å². The van der Waals surface area contributed by atoms with Gasteiger partial charge in [-0.25, -0.2) is 0 Å². The van der Waals surface area contributed by atoms with Crippen molar-refractivity contribution in [3.05, 3.63) is 54.6 Å². The number of hydrogen-bond acceptors (Lipinski definition) is 6. The molecule has 7 nitrogen and oxygen atoms in total. The molecule has 0 aromatic heterocycles. The lowest BCUT2D eigenvalue weighted by Gasteiger charge is -2.09. The van der Waals surface area contributed by atoms with Gasteiger partial charge in [0, 0.05) is 11.1 Å². The SMILES string of the molecule is Nc1ccc2cc(S(=O)(=O)O)c(/N=N/c3ccccc3)c(O)c2c1.